The van der Waals surface area contributed by atoms with Gasteiger partial charge in [-0.05, 0) is 42.3 Å². The van der Waals surface area contributed by atoms with Gasteiger partial charge >= 0.3 is 11.9 Å². The zero-order valence-corrected chi connectivity index (χ0v) is 33.9. The summed E-state index contributed by atoms with van der Waals surface area (Å²) in [7, 11) is 1.98. The van der Waals surface area contributed by atoms with Crippen LogP contribution in [0.15, 0.2) is 108 Å². The fourth-order valence-electron chi connectivity index (χ4n) is 8.61. The summed E-state index contributed by atoms with van der Waals surface area (Å²) in [4.78, 5) is 65.7. The molecule has 2 fully saturated rings. The Morgan fingerprint density at radius 2 is 1.55 bits per heavy atom. The molecule has 60 heavy (non-hydrogen) atoms. The van der Waals surface area contributed by atoms with Crippen LogP contribution in [0.5, 0.6) is 11.5 Å². The number of carbonyl (C=O) groups is 4. The van der Waals surface area contributed by atoms with E-state index >= 15 is 4.39 Å². The lowest BCUT2D eigenvalue weighted by molar-refractivity contribution is -0.894. The van der Waals surface area contributed by atoms with Crippen LogP contribution in [0.4, 0.5) is 10.1 Å². The van der Waals surface area contributed by atoms with Gasteiger partial charge in [0.2, 0.25) is 5.91 Å². The monoisotopic (exact) mass is 821 g/mol. The third-order valence-corrected chi connectivity index (χ3v) is 11.6. The highest BCUT2D eigenvalue weighted by atomic mass is 19.1. The second-order valence-electron chi connectivity index (χ2n) is 15.9. The maximum absolute atomic E-state index is 16.3. The molecule has 0 aliphatic carbocycles. The molecule has 7 rings (SSSR count). The summed E-state index contributed by atoms with van der Waals surface area (Å²) >= 11 is 0. The average molecular weight is 822 g/mol. The molecule has 3 aliphatic heterocycles. The van der Waals surface area contributed by atoms with E-state index in [1.165, 1.54) is 30.0 Å². The smallest absolute Gasteiger partial charge is 0.363 e. The van der Waals surface area contributed by atoms with Gasteiger partial charge in [-0.1, -0.05) is 67.6 Å². The Hall–Kier alpha value is -6.25. The van der Waals surface area contributed by atoms with Crippen LogP contribution in [0.2, 0.25) is 0 Å². The molecule has 6 atom stereocenters. The quantitative estimate of drug-likeness (QED) is 0.0196. The van der Waals surface area contributed by atoms with Crippen LogP contribution in [0.25, 0.3) is 0 Å². The molecule has 4 aromatic rings. The number of nitro benzene ring substituents is 1. The van der Waals surface area contributed by atoms with Gasteiger partial charge in [0.15, 0.2) is 23.1 Å². The highest BCUT2D eigenvalue weighted by Gasteiger charge is 2.61. The molecule has 1 N–H and O–H groups in total. The molecule has 0 spiro atoms. The molecule has 1 unspecified atom stereocenters. The molecule has 1 amide bonds. The fourth-order valence-corrected chi connectivity index (χ4v) is 8.61. The normalized spacial score (nSPS) is 22.3. The minimum absolute atomic E-state index is 0. The molecule has 314 valence electrons. The lowest BCUT2D eigenvalue weighted by Gasteiger charge is -2.46. The lowest BCUT2D eigenvalue weighted by atomic mass is 9.77. The lowest BCUT2D eigenvalue weighted by Crippen LogP contribution is -2.63. The predicted molar refractivity (Wildman–Crippen MR) is 218 cm³/mol. The van der Waals surface area contributed by atoms with Crippen molar-refractivity contribution in [3.05, 3.63) is 154 Å². The van der Waals surface area contributed by atoms with Gasteiger partial charge in [-0.15, -0.1) is 0 Å². The van der Waals surface area contributed by atoms with E-state index in [-0.39, 0.29) is 79.5 Å². The first-order valence-electron chi connectivity index (χ1n) is 19.5. The van der Waals surface area contributed by atoms with Crippen LogP contribution in [0.1, 0.15) is 58.5 Å². The number of halogens is 1. The Kier molecular flexibility index (Phi) is 13.0. The summed E-state index contributed by atoms with van der Waals surface area (Å²) < 4.78 is 34.0. The number of hydrogen-bond donors (Lipinski definition) is 1. The fraction of sp³-hybridized carbons (Fsp3) is 0.326. The number of esters is 2. The second kappa shape index (κ2) is 17.9. The van der Waals surface area contributed by atoms with E-state index in [4.69, 9.17) is 14.2 Å². The number of non-ortho nitro benzene ring substituents is 1. The van der Waals surface area contributed by atoms with Crippen molar-refractivity contribution in [2.45, 2.75) is 52.0 Å². The largest absolute Gasteiger partial charge is 0.485 e. The predicted octanol–water partition coefficient (Wildman–Crippen LogP) is 6.88. The molecule has 0 aromatic heterocycles. The van der Waals surface area contributed by atoms with Gasteiger partial charge in [-0.25, -0.2) is 14.0 Å². The third-order valence-electron chi connectivity index (χ3n) is 11.6. The number of β-lactam (4-membered cyclic amide) rings is 1. The standard InChI is InChI=1S/C45H45FN3O10.CH3/c1-27-35(41(47-40(27)38(28(2)50)43(47)52)45(54)59-44(53)32-14-16-33(17-15-32)48(55)56)24-49(3)21-20-31(23-49)22-36(51)34-18-19-37(57-25-29-10-6-4-7-11-29)42(39(34)46)58-26-30-12-8-5-9-13-30;/h4-19,27-28,31,38,40,50H,20-26H2,1-3H3;1H3/q+1;-1/t27-,28+,31-,38+,40+,49?;/m0./s1. The van der Waals surface area contributed by atoms with Gasteiger partial charge in [0.1, 0.15) is 25.5 Å². The number of likely N-dealkylation sites (N-methyl/N-ethyl adjacent to an activating group) is 1. The molecule has 0 saturated carbocycles. The molecule has 0 radical (unpaired) electrons. The van der Waals surface area contributed by atoms with Crippen LogP contribution in [-0.4, -0.2) is 81.9 Å². The number of ketones is 1. The van der Waals surface area contributed by atoms with Crippen LogP contribution < -0.4 is 9.47 Å². The van der Waals surface area contributed by atoms with Gasteiger partial charge < -0.3 is 36.1 Å². The van der Waals surface area contributed by atoms with Gasteiger partial charge in [-0.3, -0.25) is 19.7 Å². The molecular weight excluding hydrogens is 774 g/mol. The Morgan fingerprint density at radius 3 is 2.15 bits per heavy atom. The average Bonchev–Trinajstić information content (AvgIpc) is 3.70. The number of carbonyl (C=O) groups excluding carboxylic acids is 4. The molecule has 3 heterocycles. The van der Waals surface area contributed by atoms with Crippen molar-refractivity contribution < 1.29 is 52.3 Å². The van der Waals surface area contributed by atoms with Crippen LogP contribution in [-0.2, 0) is 27.5 Å². The first-order chi connectivity index (χ1) is 28.2. The van der Waals surface area contributed by atoms with Crippen molar-refractivity contribution in [3.8, 4) is 11.5 Å². The summed E-state index contributed by atoms with van der Waals surface area (Å²) in [5, 5.41) is 21.5. The van der Waals surface area contributed by atoms with Gasteiger partial charge in [0, 0.05) is 42.4 Å². The Morgan fingerprint density at radius 1 is 0.933 bits per heavy atom. The van der Waals surface area contributed by atoms with Crippen LogP contribution >= 0.6 is 0 Å². The van der Waals surface area contributed by atoms with Gasteiger partial charge in [-0.2, -0.15) is 0 Å². The van der Waals surface area contributed by atoms with E-state index in [1.54, 1.807) is 6.07 Å². The maximum atomic E-state index is 16.3. The van der Waals surface area contributed by atoms with E-state index in [0.29, 0.717) is 29.6 Å². The van der Waals surface area contributed by atoms with E-state index in [9.17, 15) is 34.4 Å². The number of Topliss-reactive ketones (excluding diaryl/α,β-unsaturated/α-hetero) is 1. The van der Waals surface area contributed by atoms with Crippen molar-refractivity contribution in [1.82, 2.24) is 4.90 Å². The zero-order chi connectivity index (χ0) is 42.0. The number of nitrogens with zero attached hydrogens (tertiary/aromatic N) is 3. The van der Waals surface area contributed by atoms with Crippen molar-refractivity contribution in [2.75, 3.05) is 26.7 Å². The zero-order valence-electron chi connectivity index (χ0n) is 33.9. The summed E-state index contributed by atoms with van der Waals surface area (Å²) in [6, 6.07) is 25.8. The third kappa shape index (κ3) is 8.85. The van der Waals surface area contributed by atoms with E-state index in [0.717, 1.165) is 23.3 Å². The molecule has 3 aliphatic rings. The first kappa shape index (κ1) is 43.3. The topological polar surface area (TPSA) is 163 Å². The van der Waals surface area contributed by atoms with Gasteiger partial charge in [0.25, 0.3) is 5.69 Å². The second-order valence-corrected chi connectivity index (χ2v) is 15.9. The molecule has 4 aromatic carbocycles. The molecular formula is C46H48FN3O10. The number of nitro groups is 1. The van der Waals surface area contributed by atoms with Crippen molar-refractivity contribution in [2.24, 2.45) is 17.8 Å². The summed E-state index contributed by atoms with van der Waals surface area (Å²) in [6.45, 7) is 5.01. The molecule has 2 saturated heterocycles. The number of rotatable bonds is 15. The molecule has 0 bridgehead atoms. The number of aliphatic hydroxyl groups excluding tert-OH is 1. The number of benzene rings is 4. The summed E-state index contributed by atoms with van der Waals surface area (Å²) in [5.41, 5.74) is 1.79. The van der Waals surface area contributed by atoms with Gasteiger partial charge in [0.05, 0.1) is 54.3 Å². The summed E-state index contributed by atoms with van der Waals surface area (Å²) in [6.07, 6.45) is -0.301. The van der Waals surface area contributed by atoms with Crippen molar-refractivity contribution in [1.29, 1.82) is 0 Å². The minimum atomic E-state index is -1.04. The Bertz CT molecular complexity index is 2300. The summed E-state index contributed by atoms with van der Waals surface area (Å²) in [5.74, 6) is -4.97. The number of quaternary nitrogens is 1. The Labute approximate surface area is 347 Å². The number of aliphatic hydroxyl groups is 1. The highest BCUT2D eigenvalue weighted by molar-refractivity contribution is 6.06. The Balaban J connectivity index is 0.00000604. The van der Waals surface area contributed by atoms with Crippen molar-refractivity contribution in [3.63, 3.8) is 0 Å². The highest BCUT2D eigenvalue weighted by Crippen LogP contribution is 2.48. The van der Waals surface area contributed by atoms with Crippen LogP contribution in [0, 0.1) is 41.1 Å². The molecule has 14 heteroatoms. The van der Waals surface area contributed by atoms with E-state index in [1.807, 2.05) is 74.6 Å². The number of ether oxygens (including phenoxy) is 3. The molecule has 13 nitrogen and oxygen atoms in total. The number of likely N-dealkylation sites (tertiary alicyclic amines) is 1. The number of amides is 1. The van der Waals surface area contributed by atoms with E-state index in [2.05, 4.69) is 0 Å². The first-order valence-corrected chi connectivity index (χ1v) is 19.5. The van der Waals surface area contributed by atoms with Crippen LogP contribution in [0.3, 0.4) is 0 Å². The SMILES string of the molecule is C[C@@H](O)[C@H]1C(=O)N2C(C(=O)OC(=O)c3ccc([N+](=O)[O-])cc3)=C(C[N+]3(C)CC[C@@H](CC(=O)c4ccc(OCc5ccccc5)c(OCc5ccccc5)c4F)C3)[C@H](C)[C@H]12.[CH3-]. The number of hydrogen-bond acceptors (Lipinski definition) is 10. The van der Waals surface area contributed by atoms with Crippen molar-refractivity contribution >= 4 is 29.3 Å². The van der Waals surface area contributed by atoms with E-state index < -0.39 is 52.4 Å². The number of fused-ring (bicyclic) bond motifs is 1. The maximum Gasteiger partial charge on any atom is 0.363 e. The minimum Gasteiger partial charge on any atom is -0.485 e.